The van der Waals surface area contributed by atoms with Crippen LogP contribution in [0, 0.1) is 20.2 Å². The van der Waals surface area contributed by atoms with E-state index in [4.69, 9.17) is 0 Å². The molecule has 0 aliphatic rings. The Kier molecular flexibility index (Phi) is 6.87. The quantitative estimate of drug-likeness (QED) is 0.0876. The fourth-order valence-corrected chi connectivity index (χ4v) is 3.41. The van der Waals surface area contributed by atoms with Gasteiger partial charge >= 0.3 is 0 Å². The molecule has 0 radical (unpaired) electrons. The summed E-state index contributed by atoms with van der Waals surface area (Å²) < 4.78 is 0. The van der Waals surface area contributed by atoms with Gasteiger partial charge in [0.15, 0.2) is 17.2 Å². The first-order valence-corrected chi connectivity index (χ1v) is 10.7. The van der Waals surface area contributed by atoms with Crippen molar-refractivity contribution in [2.45, 2.75) is 0 Å². The number of fused-ring (bicyclic) bond motifs is 1. The van der Waals surface area contributed by atoms with Crippen molar-refractivity contribution in [3.63, 3.8) is 0 Å². The Morgan fingerprint density at radius 1 is 0.737 bits per heavy atom. The highest BCUT2D eigenvalue weighted by Crippen LogP contribution is 2.48. The Labute approximate surface area is 212 Å². The zero-order chi connectivity index (χ0) is 27.4. The topological polar surface area (TPSA) is 210 Å². The van der Waals surface area contributed by atoms with E-state index < -0.39 is 33.2 Å². The smallest absolute Gasteiger partial charge is 0.295 e. The van der Waals surface area contributed by atoms with Crippen LogP contribution in [0.3, 0.4) is 0 Å². The third-order valence-electron chi connectivity index (χ3n) is 5.34. The van der Waals surface area contributed by atoms with Crippen LogP contribution in [0.15, 0.2) is 83.0 Å². The molecule has 0 heterocycles. The number of nitrogens with zero attached hydrogens (tertiary/aromatic N) is 4. The van der Waals surface area contributed by atoms with Gasteiger partial charge in [-0.3, -0.25) is 40.7 Å². The highest BCUT2D eigenvalue weighted by atomic mass is 16.6. The molecule has 4 aromatic rings. The van der Waals surface area contributed by atoms with Gasteiger partial charge in [0.1, 0.15) is 5.69 Å². The maximum absolute atomic E-state index is 12.6. The summed E-state index contributed by atoms with van der Waals surface area (Å²) in [6.07, 6.45) is 0. The lowest BCUT2D eigenvalue weighted by Gasteiger charge is -2.15. The molecule has 0 bridgehead atoms. The summed E-state index contributed by atoms with van der Waals surface area (Å²) in [5.41, 5.74) is 3.64. The van der Waals surface area contributed by atoms with Gasteiger partial charge in [0.25, 0.3) is 23.2 Å². The number of phenols is 2. The average molecular weight is 516 g/mol. The van der Waals surface area contributed by atoms with Gasteiger partial charge in [-0.05, 0) is 24.3 Å². The van der Waals surface area contributed by atoms with Gasteiger partial charge in [-0.2, -0.15) is 0 Å². The second kappa shape index (κ2) is 10.4. The maximum atomic E-state index is 12.6. The number of carbonyl (C=O) groups excluding carboxylic acids is 2. The number of non-ortho nitro benzene ring substituents is 2. The van der Waals surface area contributed by atoms with E-state index in [1.165, 1.54) is 36.4 Å². The standard InChI is InChI=1S/C24H16N6O8/c31-21-17-3-1-2-4-18(17)22(32)20(26-28-24(34)14-7-11-16(12-8-14)30(37)38)19(21)25-27-23(33)13-5-9-15(10-6-13)29(35)36/h1-12,25,31-32H,(H,27,33). The number of amides is 2. The predicted octanol–water partition coefficient (Wildman–Crippen LogP) is 4.75. The highest BCUT2D eigenvalue weighted by Gasteiger charge is 2.21. The summed E-state index contributed by atoms with van der Waals surface area (Å²) in [4.78, 5) is 45.4. The lowest BCUT2D eigenvalue weighted by molar-refractivity contribution is -0.385. The van der Waals surface area contributed by atoms with Crippen LogP contribution in [-0.2, 0) is 0 Å². The predicted molar refractivity (Wildman–Crippen MR) is 133 cm³/mol. The molecular weight excluding hydrogens is 500 g/mol. The number of hydrogen-bond acceptors (Lipinski definition) is 10. The number of azo groups is 1. The van der Waals surface area contributed by atoms with Gasteiger partial charge in [-0.25, -0.2) is 0 Å². The van der Waals surface area contributed by atoms with E-state index in [1.54, 1.807) is 12.1 Å². The van der Waals surface area contributed by atoms with Crippen LogP contribution in [0.5, 0.6) is 11.5 Å². The van der Waals surface area contributed by atoms with Crippen molar-refractivity contribution in [3.8, 4) is 11.5 Å². The summed E-state index contributed by atoms with van der Waals surface area (Å²) in [5, 5.41) is 51.0. The van der Waals surface area contributed by atoms with Crippen molar-refractivity contribution in [1.29, 1.82) is 0 Å². The molecule has 4 rings (SSSR count). The molecule has 4 aromatic carbocycles. The molecule has 0 saturated heterocycles. The number of rotatable bonds is 7. The van der Waals surface area contributed by atoms with E-state index in [1.807, 2.05) is 0 Å². The van der Waals surface area contributed by atoms with E-state index >= 15 is 0 Å². The van der Waals surface area contributed by atoms with Crippen LogP contribution in [0.4, 0.5) is 22.7 Å². The highest BCUT2D eigenvalue weighted by molar-refractivity contribution is 6.05. The van der Waals surface area contributed by atoms with E-state index in [0.717, 1.165) is 24.3 Å². The Balaban J connectivity index is 1.66. The second-order valence-electron chi connectivity index (χ2n) is 7.66. The van der Waals surface area contributed by atoms with Crippen LogP contribution < -0.4 is 10.9 Å². The Morgan fingerprint density at radius 2 is 1.24 bits per heavy atom. The third-order valence-corrected chi connectivity index (χ3v) is 5.34. The molecule has 0 spiro atoms. The third kappa shape index (κ3) is 5.03. The van der Waals surface area contributed by atoms with E-state index in [2.05, 4.69) is 21.1 Å². The van der Waals surface area contributed by atoms with Gasteiger partial charge < -0.3 is 10.2 Å². The summed E-state index contributed by atoms with van der Waals surface area (Å²) in [5.74, 6) is -2.53. The fraction of sp³-hybridized carbons (Fsp3) is 0. The van der Waals surface area contributed by atoms with E-state index in [9.17, 15) is 40.0 Å². The van der Waals surface area contributed by atoms with Gasteiger partial charge in [-0.15, -0.1) is 10.2 Å². The average Bonchev–Trinajstić information content (AvgIpc) is 2.93. The van der Waals surface area contributed by atoms with E-state index in [-0.39, 0.29) is 44.6 Å². The van der Waals surface area contributed by atoms with Crippen molar-refractivity contribution in [1.82, 2.24) is 5.43 Å². The first-order chi connectivity index (χ1) is 18.2. The fourth-order valence-electron chi connectivity index (χ4n) is 3.41. The van der Waals surface area contributed by atoms with Gasteiger partial charge in [0, 0.05) is 46.2 Å². The molecule has 190 valence electrons. The van der Waals surface area contributed by atoms with Crippen LogP contribution in [0.2, 0.25) is 0 Å². The minimum atomic E-state index is -0.896. The van der Waals surface area contributed by atoms with Crippen molar-refractivity contribution in [2.24, 2.45) is 10.2 Å². The number of phenolic OH excluding ortho intramolecular Hbond substituents is 2. The van der Waals surface area contributed by atoms with Crippen molar-refractivity contribution in [2.75, 3.05) is 5.43 Å². The maximum Gasteiger partial charge on any atom is 0.295 e. The number of hydrogen-bond donors (Lipinski definition) is 4. The normalized spacial score (nSPS) is 10.8. The number of anilines is 1. The Morgan fingerprint density at radius 3 is 1.76 bits per heavy atom. The van der Waals surface area contributed by atoms with Crippen LogP contribution >= 0.6 is 0 Å². The molecule has 14 heteroatoms. The molecule has 38 heavy (non-hydrogen) atoms. The Bertz CT molecular complexity index is 1620. The van der Waals surface area contributed by atoms with Gasteiger partial charge in [0.05, 0.1) is 9.85 Å². The molecule has 2 amide bonds. The van der Waals surface area contributed by atoms with Crippen LogP contribution in [0.25, 0.3) is 10.8 Å². The van der Waals surface area contributed by atoms with E-state index in [0.29, 0.717) is 0 Å². The molecule has 4 N–H and O–H groups in total. The first kappa shape index (κ1) is 25.2. The molecule has 0 unspecified atom stereocenters. The van der Waals surface area contributed by atoms with Crippen molar-refractivity contribution >= 4 is 45.3 Å². The van der Waals surface area contributed by atoms with Gasteiger partial charge in [-0.1, -0.05) is 24.3 Å². The molecule has 0 aromatic heterocycles. The number of carbonyl (C=O) groups is 2. The number of nitrogens with one attached hydrogen (secondary N) is 2. The molecule has 0 saturated carbocycles. The first-order valence-electron chi connectivity index (χ1n) is 10.7. The zero-order valence-electron chi connectivity index (χ0n) is 19.1. The summed E-state index contributed by atoms with van der Waals surface area (Å²) in [7, 11) is 0. The Hall–Kier alpha value is -5.92. The largest absolute Gasteiger partial charge is 0.505 e. The number of aromatic hydroxyl groups is 2. The molecule has 0 aliphatic carbocycles. The molecule has 0 fully saturated rings. The molecule has 14 nitrogen and oxygen atoms in total. The number of nitro groups is 2. The monoisotopic (exact) mass is 516 g/mol. The minimum absolute atomic E-state index is 0.0233. The number of benzene rings is 4. The van der Waals surface area contributed by atoms with Crippen molar-refractivity contribution in [3.05, 3.63) is 104 Å². The van der Waals surface area contributed by atoms with Crippen LogP contribution in [0.1, 0.15) is 20.7 Å². The summed E-state index contributed by atoms with van der Waals surface area (Å²) in [6, 6.07) is 15.5. The number of hydrazine groups is 1. The summed E-state index contributed by atoms with van der Waals surface area (Å²) >= 11 is 0. The van der Waals surface area contributed by atoms with Crippen LogP contribution in [-0.4, -0.2) is 31.9 Å². The SMILES string of the molecule is O=C(N=Nc1c(NNC(=O)c2ccc([N+](=O)[O-])cc2)c(O)c2ccccc2c1O)c1ccc([N+](=O)[O-])cc1. The second-order valence-corrected chi connectivity index (χ2v) is 7.66. The van der Waals surface area contributed by atoms with Gasteiger partial charge in [0.2, 0.25) is 0 Å². The lowest BCUT2D eigenvalue weighted by Crippen LogP contribution is -2.29. The lowest BCUT2D eigenvalue weighted by atomic mass is 10.1. The molecular formula is C24H16N6O8. The zero-order valence-corrected chi connectivity index (χ0v) is 19.1. The van der Waals surface area contributed by atoms with Crippen molar-refractivity contribution < 1.29 is 29.6 Å². The number of nitro benzene ring substituents is 2. The summed E-state index contributed by atoms with van der Waals surface area (Å²) in [6.45, 7) is 0. The molecule has 0 aliphatic heterocycles. The molecule has 0 atom stereocenters. The minimum Gasteiger partial charge on any atom is -0.505 e.